The Hall–Kier alpha value is -5.90. The lowest BCUT2D eigenvalue weighted by atomic mass is 9.94. The van der Waals surface area contributed by atoms with E-state index < -0.39 is 51.4 Å². The summed E-state index contributed by atoms with van der Waals surface area (Å²) in [6.07, 6.45) is 2.47. The van der Waals surface area contributed by atoms with E-state index in [1.165, 1.54) is 54.6 Å². The van der Waals surface area contributed by atoms with E-state index in [-0.39, 0.29) is 39.4 Å². The van der Waals surface area contributed by atoms with Gasteiger partial charge in [-0.05, 0) is 48.0 Å². The summed E-state index contributed by atoms with van der Waals surface area (Å²) in [5, 5.41) is 71.2. The van der Waals surface area contributed by atoms with Gasteiger partial charge < -0.3 is 40.2 Å². The molecule has 10 heteroatoms. The highest BCUT2D eigenvalue weighted by Gasteiger charge is 2.32. The molecule has 1 heterocycles. The average Bonchev–Trinajstić information content (AvgIpc) is 3.27. The molecule has 200 valence electrons. The SMILES string of the molecule is O=C(/C=C/c1ccc(O)cc1)c1c(O)cc2oc(-c3ccc(O)cc3)c(C(=O)c3c(O)cc(O)cc3O)c2c1O. The third-order valence-electron chi connectivity index (χ3n) is 6.16. The Morgan fingerprint density at radius 3 is 1.77 bits per heavy atom. The first-order chi connectivity index (χ1) is 19.0. The van der Waals surface area contributed by atoms with E-state index >= 15 is 0 Å². The Kier molecular flexibility index (Phi) is 6.28. The van der Waals surface area contributed by atoms with Crippen LogP contribution in [-0.4, -0.2) is 47.3 Å². The standard InChI is InChI=1S/C30H20O10/c31-16-6-1-14(2-7-16)3-10-19(34)24-22(37)13-23-26(28(24)38)27(30(40-23)15-4-8-17(32)9-5-15)29(39)25-20(35)11-18(33)12-21(25)36/h1-13,31-33,35-38H/b10-3+. The Bertz CT molecular complexity index is 1810. The highest BCUT2D eigenvalue weighted by molar-refractivity contribution is 6.24. The van der Waals surface area contributed by atoms with Crippen molar-refractivity contribution < 1.29 is 49.8 Å². The van der Waals surface area contributed by atoms with Gasteiger partial charge in [0.2, 0.25) is 5.78 Å². The summed E-state index contributed by atoms with van der Waals surface area (Å²) in [6, 6.07) is 14.0. The third-order valence-corrected chi connectivity index (χ3v) is 6.16. The molecule has 40 heavy (non-hydrogen) atoms. The van der Waals surface area contributed by atoms with Crippen LogP contribution in [0.25, 0.3) is 28.4 Å². The van der Waals surface area contributed by atoms with Gasteiger partial charge in [-0.3, -0.25) is 9.59 Å². The number of furan rings is 1. The number of ketones is 2. The molecule has 5 aromatic rings. The van der Waals surface area contributed by atoms with E-state index in [0.717, 1.165) is 24.3 Å². The molecule has 0 saturated heterocycles. The van der Waals surface area contributed by atoms with Crippen molar-refractivity contribution in [1.82, 2.24) is 0 Å². The van der Waals surface area contributed by atoms with E-state index in [2.05, 4.69) is 0 Å². The van der Waals surface area contributed by atoms with Crippen LogP contribution >= 0.6 is 0 Å². The number of carbonyl (C=O) groups excluding carboxylic acids is 2. The van der Waals surface area contributed by atoms with Crippen molar-refractivity contribution in [3.8, 4) is 51.6 Å². The average molecular weight is 540 g/mol. The maximum Gasteiger partial charge on any atom is 0.205 e. The van der Waals surface area contributed by atoms with Gasteiger partial charge in [0.1, 0.15) is 62.7 Å². The molecule has 0 aliphatic heterocycles. The van der Waals surface area contributed by atoms with Crippen LogP contribution in [0.4, 0.5) is 0 Å². The maximum atomic E-state index is 13.8. The van der Waals surface area contributed by atoms with Crippen molar-refractivity contribution in [2.45, 2.75) is 0 Å². The predicted octanol–water partition coefficient (Wildman–Crippen LogP) is 5.17. The van der Waals surface area contributed by atoms with Crippen LogP contribution in [-0.2, 0) is 0 Å². The van der Waals surface area contributed by atoms with Gasteiger partial charge in [0, 0.05) is 23.8 Å². The second-order valence-electron chi connectivity index (χ2n) is 8.82. The summed E-state index contributed by atoms with van der Waals surface area (Å²) in [7, 11) is 0. The fourth-order valence-corrected chi connectivity index (χ4v) is 4.30. The van der Waals surface area contributed by atoms with E-state index in [4.69, 9.17) is 4.42 Å². The number of hydrogen-bond donors (Lipinski definition) is 7. The summed E-state index contributed by atoms with van der Waals surface area (Å²) < 4.78 is 5.82. The summed E-state index contributed by atoms with van der Waals surface area (Å²) in [5.74, 6) is -5.57. The number of benzene rings is 4. The largest absolute Gasteiger partial charge is 0.508 e. The van der Waals surface area contributed by atoms with Crippen molar-refractivity contribution in [3.63, 3.8) is 0 Å². The van der Waals surface area contributed by atoms with Crippen molar-refractivity contribution in [3.05, 3.63) is 95.1 Å². The molecule has 0 radical (unpaired) electrons. The summed E-state index contributed by atoms with van der Waals surface area (Å²) in [6.45, 7) is 0. The van der Waals surface area contributed by atoms with Crippen molar-refractivity contribution >= 4 is 28.6 Å². The number of fused-ring (bicyclic) bond motifs is 1. The number of carbonyl (C=O) groups is 2. The van der Waals surface area contributed by atoms with Crippen LogP contribution in [0.2, 0.25) is 0 Å². The summed E-state index contributed by atoms with van der Waals surface area (Å²) in [5.41, 5.74) is -0.946. The summed E-state index contributed by atoms with van der Waals surface area (Å²) in [4.78, 5) is 26.9. The number of phenolic OH excluding ortho intramolecular Hbond substituents is 7. The molecule has 0 aliphatic rings. The highest BCUT2D eigenvalue weighted by atomic mass is 16.3. The third kappa shape index (κ3) is 4.50. The second kappa shape index (κ2) is 9.76. The van der Waals surface area contributed by atoms with E-state index in [1.54, 1.807) is 0 Å². The molecule has 1 aromatic heterocycles. The molecular formula is C30H20O10. The lowest BCUT2D eigenvalue weighted by Gasteiger charge is -2.10. The lowest BCUT2D eigenvalue weighted by Crippen LogP contribution is -2.04. The Balaban J connectivity index is 1.74. The zero-order chi connectivity index (χ0) is 28.7. The Labute approximate surface area is 225 Å². The van der Waals surface area contributed by atoms with Crippen molar-refractivity contribution in [2.75, 3.05) is 0 Å². The molecule has 0 saturated carbocycles. The summed E-state index contributed by atoms with van der Waals surface area (Å²) >= 11 is 0. The highest BCUT2D eigenvalue weighted by Crippen LogP contribution is 2.46. The molecule has 0 fully saturated rings. The molecule has 0 atom stereocenters. The van der Waals surface area contributed by atoms with Crippen molar-refractivity contribution in [1.29, 1.82) is 0 Å². The number of hydrogen-bond acceptors (Lipinski definition) is 10. The molecule has 4 aromatic carbocycles. The van der Waals surface area contributed by atoms with Gasteiger partial charge in [0.15, 0.2) is 5.78 Å². The van der Waals surface area contributed by atoms with Gasteiger partial charge in [-0.25, -0.2) is 0 Å². The van der Waals surface area contributed by atoms with Crippen molar-refractivity contribution in [2.24, 2.45) is 0 Å². The molecule has 5 rings (SSSR count). The second-order valence-corrected chi connectivity index (χ2v) is 8.82. The van der Waals surface area contributed by atoms with E-state index in [9.17, 15) is 45.3 Å². The van der Waals surface area contributed by atoms with Crippen LogP contribution in [0.5, 0.6) is 40.2 Å². The van der Waals surface area contributed by atoms with Crippen LogP contribution < -0.4 is 0 Å². The number of rotatable bonds is 6. The first-order valence-electron chi connectivity index (χ1n) is 11.7. The van der Waals surface area contributed by atoms with E-state index in [0.29, 0.717) is 5.56 Å². The molecule has 10 nitrogen and oxygen atoms in total. The minimum Gasteiger partial charge on any atom is -0.508 e. The smallest absolute Gasteiger partial charge is 0.205 e. The van der Waals surface area contributed by atoms with E-state index in [1.807, 2.05) is 0 Å². The number of allylic oxidation sites excluding steroid dienone is 1. The first-order valence-corrected chi connectivity index (χ1v) is 11.7. The van der Waals surface area contributed by atoms with Crippen LogP contribution in [0, 0.1) is 0 Å². The van der Waals surface area contributed by atoms with Crippen LogP contribution in [0.15, 0.2) is 77.2 Å². The molecule has 0 aliphatic carbocycles. The minimum atomic E-state index is -1.03. The van der Waals surface area contributed by atoms with Gasteiger partial charge in [-0.2, -0.15) is 0 Å². The van der Waals surface area contributed by atoms with Gasteiger partial charge in [0.05, 0.1) is 10.9 Å². The predicted molar refractivity (Wildman–Crippen MR) is 143 cm³/mol. The number of phenols is 7. The first kappa shape index (κ1) is 25.7. The quantitative estimate of drug-likeness (QED) is 0.112. The minimum absolute atomic E-state index is 0.0245. The zero-order valence-corrected chi connectivity index (χ0v) is 20.4. The van der Waals surface area contributed by atoms with Gasteiger partial charge in [-0.1, -0.05) is 18.2 Å². The molecule has 0 bridgehead atoms. The molecule has 0 amide bonds. The molecule has 0 spiro atoms. The fraction of sp³-hybridized carbons (Fsp3) is 0. The van der Waals surface area contributed by atoms with Gasteiger partial charge >= 0.3 is 0 Å². The van der Waals surface area contributed by atoms with Crippen LogP contribution in [0.3, 0.4) is 0 Å². The fourth-order valence-electron chi connectivity index (χ4n) is 4.30. The zero-order valence-electron chi connectivity index (χ0n) is 20.4. The van der Waals surface area contributed by atoms with Crippen LogP contribution in [0.1, 0.15) is 31.8 Å². The Morgan fingerprint density at radius 2 is 1.18 bits per heavy atom. The number of aromatic hydroxyl groups is 7. The normalized spacial score (nSPS) is 11.3. The lowest BCUT2D eigenvalue weighted by molar-refractivity contribution is 0.102. The van der Waals surface area contributed by atoms with Gasteiger partial charge in [-0.15, -0.1) is 0 Å². The Morgan fingerprint density at radius 1 is 0.625 bits per heavy atom. The molecular weight excluding hydrogens is 520 g/mol. The van der Waals surface area contributed by atoms with Gasteiger partial charge in [0.25, 0.3) is 0 Å². The maximum absolute atomic E-state index is 13.8. The molecule has 7 N–H and O–H groups in total. The topological polar surface area (TPSA) is 189 Å². The monoisotopic (exact) mass is 540 g/mol. The molecule has 0 unspecified atom stereocenters.